The summed E-state index contributed by atoms with van der Waals surface area (Å²) in [7, 11) is 0. The molecule has 0 spiro atoms. The lowest BCUT2D eigenvalue weighted by molar-refractivity contribution is -0.0135. The molecular formula is C19H20Cl2N2O3. The minimum Gasteiger partial charge on any atom is -0.492 e. The van der Waals surface area contributed by atoms with Gasteiger partial charge in [0.25, 0.3) is 0 Å². The van der Waals surface area contributed by atoms with Crippen LogP contribution in [-0.2, 0) is 4.74 Å². The number of rotatable bonds is 4. The van der Waals surface area contributed by atoms with Crippen LogP contribution in [0.4, 0.5) is 10.5 Å². The highest BCUT2D eigenvalue weighted by Gasteiger charge is 2.26. The zero-order valence-corrected chi connectivity index (χ0v) is 15.9. The number of morpholine rings is 1. The fourth-order valence-corrected chi connectivity index (χ4v) is 3.38. The number of hydrogen-bond acceptors (Lipinski definition) is 3. The SMILES string of the molecule is CCOc1ccccc1NC(=O)N1CCOC(c2cc(Cl)cc(Cl)c2)C1. The second-order valence-electron chi connectivity index (χ2n) is 5.87. The summed E-state index contributed by atoms with van der Waals surface area (Å²) in [6, 6.07) is 12.5. The molecule has 3 rings (SSSR count). The lowest BCUT2D eigenvalue weighted by Gasteiger charge is -2.33. The summed E-state index contributed by atoms with van der Waals surface area (Å²) in [5.41, 5.74) is 1.50. The summed E-state index contributed by atoms with van der Waals surface area (Å²) in [6.07, 6.45) is -0.271. The predicted molar refractivity (Wildman–Crippen MR) is 103 cm³/mol. The van der Waals surface area contributed by atoms with E-state index in [9.17, 15) is 4.79 Å². The van der Waals surface area contributed by atoms with Gasteiger partial charge in [-0.3, -0.25) is 0 Å². The maximum absolute atomic E-state index is 12.7. The van der Waals surface area contributed by atoms with Gasteiger partial charge in [0.2, 0.25) is 0 Å². The van der Waals surface area contributed by atoms with Gasteiger partial charge >= 0.3 is 6.03 Å². The van der Waals surface area contributed by atoms with Gasteiger partial charge in [-0.15, -0.1) is 0 Å². The molecule has 1 fully saturated rings. The lowest BCUT2D eigenvalue weighted by Crippen LogP contribution is -2.44. The summed E-state index contributed by atoms with van der Waals surface area (Å²) >= 11 is 12.2. The van der Waals surface area contributed by atoms with Gasteiger partial charge in [0.1, 0.15) is 11.9 Å². The Balaban J connectivity index is 1.70. The Morgan fingerprint density at radius 3 is 2.73 bits per heavy atom. The number of anilines is 1. The summed E-state index contributed by atoms with van der Waals surface area (Å²) in [5, 5.41) is 4.00. The Morgan fingerprint density at radius 2 is 2.00 bits per heavy atom. The smallest absolute Gasteiger partial charge is 0.322 e. The molecule has 1 saturated heterocycles. The monoisotopic (exact) mass is 394 g/mol. The van der Waals surface area contributed by atoms with Gasteiger partial charge < -0.3 is 19.7 Å². The highest BCUT2D eigenvalue weighted by atomic mass is 35.5. The summed E-state index contributed by atoms with van der Waals surface area (Å²) in [6.45, 7) is 3.80. The quantitative estimate of drug-likeness (QED) is 0.793. The third kappa shape index (κ3) is 4.61. The molecule has 5 nitrogen and oxygen atoms in total. The standard InChI is InChI=1S/C19H20Cl2N2O3/c1-2-25-17-6-4-3-5-16(17)22-19(24)23-7-8-26-18(12-23)13-9-14(20)11-15(21)10-13/h3-6,9-11,18H,2,7-8,12H2,1H3,(H,22,24). The van der Waals surface area contributed by atoms with Crippen molar-refractivity contribution in [2.45, 2.75) is 13.0 Å². The van der Waals surface area contributed by atoms with Crippen LogP contribution in [0.15, 0.2) is 42.5 Å². The Hall–Kier alpha value is -1.95. The minimum atomic E-state index is -0.271. The van der Waals surface area contributed by atoms with Gasteiger partial charge in [0.05, 0.1) is 25.4 Å². The molecule has 1 heterocycles. The van der Waals surface area contributed by atoms with Crippen molar-refractivity contribution in [1.29, 1.82) is 0 Å². The average molecular weight is 395 g/mol. The van der Waals surface area contributed by atoms with Crippen LogP contribution >= 0.6 is 23.2 Å². The van der Waals surface area contributed by atoms with Gasteiger partial charge in [0, 0.05) is 16.6 Å². The second kappa shape index (κ2) is 8.62. The first kappa shape index (κ1) is 18.8. The highest BCUT2D eigenvalue weighted by Crippen LogP contribution is 2.29. The Morgan fingerprint density at radius 1 is 1.27 bits per heavy atom. The van der Waals surface area contributed by atoms with Crippen molar-refractivity contribution in [1.82, 2.24) is 4.90 Å². The van der Waals surface area contributed by atoms with Gasteiger partial charge in [0.15, 0.2) is 0 Å². The molecule has 0 bridgehead atoms. The van der Waals surface area contributed by atoms with Crippen molar-refractivity contribution in [2.75, 3.05) is 31.6 Å². The van der Waals surface area contributed by atoms with E-state index in [4.69, 9.17) is 32.7 Å². The number of hydrogen-bond donors (Lipinski definition) is 1. The van der Waals surface area contributed by atoms with Gasteiger partial charge in [-0.05, 0) is 42.8 Å². The number of halogens is 2. The molecule has 2 aromatic carbocycles. The minimum absolute atomic E-state index is 0.196. The number of nitrogens with zero attached hydrogens (tertiary/aromatic N) is 1. The maximum Gasteiger partial charge on any atom is 0.322 e. The molecule has 0 radical (unpaired) electrons. The normalized spacial score (nSPS) is 17.0. The summed E-state index contributed by atoms with van der Waals surface area (Å²) in [5.74, 6) is 0.648. The van der Waals surface area contributed by atoms with Crippen molar-refractivity contribution in [3.05, 3.63) is 58.1 Å². The Kier molecular flexibility index (Phi) is 6.25. The van der Waals surface area contributed by atoms with E-state index in [1.54, 1.807) is 11.0 Å². The van der Waals surface area contributed by atoms with Crippen molar-refractivity contribution >= 4 is 34.9 Å². The van der Waals surface area contributed by atoms with Crippen LogP contribution in [0.2, 0.25) is 10.0 Å². The highest BCUT2D eigenvalue weighted by molar-refractivity contribution is 6.34. The van der Waals surface area contributed by atoms with E-state index in [0.29, 0.717) is 47.8 Å². The fraction of sp³-hybridized carbons (Fsp3) is 0.316. The van der Waals surface area contributed by atoms with E-state index in [-0.39, 0.29) is 12.1 Å². The summed E-state index contributed by atoms with van der Waals surface area (Å²) in [4.78, 5) is 14.4. The van der Waals surface area contributed by atoms with Crippen molar-refractivity contribution in [2.24, 2.45) is 0 Å². The van der Waals surface area contributed by atoms with Crippen LogP contribution in [-0.4, -0.2) is 37.2 Å². The zero-order chi connectivity index (χ0) is 18.5. The molecule has 26 heavy (non-hydrogen) atoms. The van der Waals surface area contributed by atoms with Crippen LogP contribution in [0.1, 0.15) is 18.6 Å². The number of benzene rings is 2. The van der Waals surface area contributed by atoms with Gasteiger partial charge in [-0.1, -0.05) is 35.3 Å². The Bertz CT molecular complexity index is 765. The van der Waals surface area contributed by atoms with E-state index in [1.165, 1.54) is 0 Å². The molecule has 0 aliphatic carbocycles. The fourth-order valence-electron chi connectivity index (χ4n) is 2.84. The molecule has 138 valence electrons. The third-order valence-electron chi connectivity index (χ3n) is 4.04. The molecular weight excluding hydrogens is 375 g/mol. The number of carbonyl (C=O) groups excluding carboxylic acids is 1. The molecule has 1 atom stereocenters. The number of carbonyl (C=O) groups is 1. The van der Waals surface area contributed by atoms with Crippen LogP contribution in [0.5, 0.6) is 5.75 Å². The van der Waals surface area contributed by atoms with Crippen LogP contribution in [0.3, 0.4) is 0 Å². The molecule has 1 unspecified atom stereocenters. The van der Waals surface area contributed by atoms with Crippen LogP contribution < -0.4 is 10.1 Å². The van der Waals surface area contributed by atoms with E-state index >= 15 is 0 Å². The maximum atomic E-state index is 12.7. The summed E-state index contributed by atoms with van der Waals surface area (Å²) < 4.78 is 11.4. The molecule has 0 saturated carbocycles. The van der Waals surface area contributed by atoms with Crippen LogP contribution in [0.25, 0.3) is 0 Å². The molecule has 1 aliphatic rings. The predicted octanol–water partition coefficient (Wildman–Crippen LogP) is 5.00. The van der Waals surface area contributed by atoms with Crippen molar-refractivity contribution in [3.8, 4) is 5.75 Å². The van der Waals surface area contributed by atoms with Gasteiger partial charge in [-0.2, -0.15) is 0 Å². The third-order valence-corrected chi connectivity index (χ3v) is 4.48. The second-order valence-corrected chi connectivity index (χ2v) is 6.74. The zero-order valence-electron chi connectivity index (χ0n) is 14.4. The molecule has 1 aliphatic heterocycles. The number of urea groups is 1. The number of nitrogens with one attached hydrogen (secondary N) is 1. The van der Waals surface area contributed by atoms with E-state index in [1.807, 2.05) is 43.3 Å². The molecule has 1 N–H and O–H groups in total. The first-order valence-electron chi connectivity index (χ1n) is 8.42. The molecule has 2 amide bonds. The largest absolute Gasteiger partial charge is 0.492 e. The number of ether oxygens (including phenoxy) is 2. The van der Waals surface area contributed by atoms with E-state index < -0.39 is 0 Å². The van der Waals surface area contributed by atoms with E-state index in [2.05, 4.69) is 5.32 Å². The van der Waals surface area contributed by atoms with E-state index in [0.717, 1.165) is 5.56 Å². The lowest BCUT2D eigenvalue weighted by atomic mass is 10.1. The molecule has 7 heteroatoms. The Labute approximate surface area is 162 Å². The molecule has 2 aromatic rings. The number of amides is 2. The van der Waals surface area contributed by atoms with Crippen molar-refractivity contribution in [3.63, 3.8) is 0 Å². The first-order chi connectivity index (χ1) is 12.6. The van der Waals surface area contributed by atoms with Gasteiger partial charge in [-0.25, -0.2) is 4.79 Å². The topological polar surface area (TPSA) is 50.8 Å². The first-order valence-corrected chi connectivity index (χ1v) is 9.17. The average Bonchev–Trinajstić information content (AvgIpc) is 2.63. The number of para-hydroxylation sites is 2. The molecule has 0 aromatic heterocycles. The van der Waals surface area contributed by atoms with Crippen molar-refractivity contribution < 1.29 is 14.3 Å². The van der Waals surface area contributed by atoms with Crippen LogP contribution in [0, 0.1) is 0 Å².